The minimum Gasteiger partial charge on any atom is -0.412 e. The Kier molecular flexibility index (Phi) is 192. The van der Waals surface area contributed by atoms with Gasteiger partial charge in [0.15, 0.2) is 0 Å². The van der Waals surface area contributed by atoms with Crippen LogP contribution < -0.4 is 5.32 Å². The standard InChI is InChI=1S/C11H24O.2C9H20.C8H16O3.C8H18O.C4H10O.C3H9N.2C2H6.CH2O.3CH4.H2O/c1-3-5-6-7-8-9-11-12-10-4-2;2*1-3-5-7-9-8-6-4-2;1-4-8(3,5-2)6-11-7(9)10;1-2-3-4-5-6-7-8-9;1-2-3-4-5;1-3-4-2;3*1-2;;;;/h3-11H2,1-2H3;2*3-9H2,1-2H3;4,7,9-10H,1,5-6H2,2-3H3;9H,2-8H2,1H3;5H,2-4H2,1H3;4H,3H2,1-2H3;2*1-2H3;1H2;3*1H4;1H2. The first-order valence-electron chi connectivity index (χ1n) is 27.9. The summed E-state index contributed by atoms with van der Waals surface area (Å²) in [6.07, 6.45) is 41.4. The molecule has 0 aromatic rings. The van der Waals surface area contributed by atoms with Crippen molar-refractivity contribution in [3.63, 3.8) is 0 Å². The van der Waals surface area contributed by atoms with Gasteiger partial charge in [-0.3, -0.25) is 0 Å². The summed E-state index contributed by atoms with van der Waals surface area (Å²) in [7, 11) is 1.93. The van der Waals surface area contributed by atoms with Gasteiger partial charge in [-0.1, -0.05) is 293 Å². The Morgan fingerprint density at radius 1 is 0.478 bits per heavy atom. The van der Waals surface area contributed by atoms with Crippen molar-refractivity contribution in [2.24, 2.45) is 5.41 Å². The number of nitrogens with one attached hydrogen (secondary N) is 1. The molecule has 0 saturated heterocycles. The predicted molar refractivity (Wildman–Crippen MR) is 320 cm³/mol. The van der Waals surface area contributed by atoms with Crippen LogP contribution in [-0.2, 0) is 14.3 Å². The van der Waals surface area contributed by atoms with Crippen LogP contribution in [0.25, 0.3) is 0 Å². The first-order chi connectivity index (χ1) is 31.5. The van der Waals surface area contributed by atoms with Gasteiger partial charge in [-0.25, -0.2) is 0 Å². The summed E-state index contributed by atoms with van der Waals surface area (Å²) in [6.45, 7) is 39.7. The fourth-order valence-corrected chi connectivity index (χ4v) is 4.91. The first-order valence-corrected chi connectivity index (χ1v) is 27.9. The third-order valence-electron chi connectivity index (χ3n) is 9.64. The molecule has 0 radical (unpaired) electrons. The number of hydrogen-bond donors (Lipinski definition) is 5. The summed E-state index contributed by atoms with van der Waals surface area (Å²) >= 11 is 0. The summed E-state index contributed by atoms with van der Waals surface area (Å²) in [5, 5.41) is 36.2. The van der Waals surface area contributed by atoms with E-state index in [2.05, 4.69) is 78.9 Å². The van der Waals surface area contributed by atoms with Crippen molar-refractivity contribution in [3.8, 4) is 0 Å². The van der Waals surface area contributed by atoms with Crippen LogP contribution in [0.3, 0.4) is 0 Å². The molecule has 1 atom stereocenters. The number of carbonyl (C=O) groups is 1. The second-order valence-corrected chi connectivity index (χ2v) is 16.0. The van der Waals surface area contributed by atoms with Crippen molar-refractivity contribution in [2.75, 3.05) is 46.6 Å². The maximum absolute atomic E-state index is 8.42. The molecule has 0 amide bonds. The second-order valence-electron chi connectivity index (χ2n) is 16.0. The third-order valence-corrected chi connectivity index (χ3v) is 9.64. The van der Waals surface area contributed by atoms with Crippen molar-refractivity contribution in [2.45, 2.75) is 325 Å². The number of aliphatic hydroxyl groups is 4. The van der Waals surface area contributed by atoms with Crippen molar-refractivity contribution in [1.29, 1.82) is 0 Å². The molecule has 0 rings (SSSR count). The molecule has 9 heteroatoms. The zero-order valence-corrected chi connectivity index (χ0v) is 48.5. The summed E-state index contributed by atoms with van der Waals surface area (Å²) in [5.41, 5.74) is -0.163. The van der Waals surface area contributed by atoms with Crippen LogP contribution in [0.4, 0.5) is 0 Å². The molecular weight excluding hydrogens is 863 g/mol. The van der Waals surface area contributed by atoms with Crippen LogP contribution in [0, 0.1) is 5.41 Å². The third kappa shape index (κ3) is 168. The molecule has 69 heavy (non-hydrogen) atoms. The molecule has 0 aliphatic rings. The highest BCUT2D eigenvalue weighted by Gasteiger charge is 2.18. The summed E-state index contributed by atoms with van der Waals surface area (Å²) in [6, 6.07) is 0. The van der Waals surface area contributed by atoms with E-state index < -0.39 is 6.48 Å². The minimum atomic E-state index is -1.68. The van der Waals surface area contributed by atoms with Gasteiger partial charge < -0.3 is 45.5 Å². The lowest BCUT2D eigenvalue weighted by atomic mass is 9.89. The molecule has 7 N–H and O–H groups in total. The van der Waals surface area contributed by atoms with E-state index in [-0.39, 0.29) is 39.8 Å². The van der Waals surface area contributed by atoms with Crippen molar-refractivity contribution < 1.29 is 40.2 Å². The monoisotopic (exact) mass is 1010 g/mol. The number of aliphatic hydroxyl groups excluding tert-OH is 3. The molecule has 0 aromatic carbocycles. The smallest absolute Gasteiger partial charge is 0.266 e. The predicted octanol–water partition coefficient (Wildman–Crippen LogP) is 18.5. The number of rotatable bonds is 35. The summed E-state index contributed by atoms with van der Waals surface area (Å²) < 4.78 is 10.0. The van der Waals surface area contributed by atoms with E-state index in [0.717, 1.165) is 51.9 Å². The van der Waals surface area contributed by atoms with Crippen LogP contribution in [0.2, 0.25) is 0 Å². The van der Waals surface area contributed by atoms with Gasteiger partial charge in [0.1, 0.15) is 6.79 Å². The Bertz CT molecular complexity index is 567. The fraction of sp³-hybridized carbons (Fsp3) is 0.950. The fourth-order valence-electron chi connectivity index (χ4n) is 4.91. The van der Waals surface area contributed by atoms with Gasteiger partial charge in [-0.15, -0.1) is 6.58 Å². The van der Waals surface area contributed by atoms with E-state index in [1.165, 1.54) is 161 Å². The molecule has 0 aromatic heterocycles. The minimum absolute atomic E-state index is 0. The van der Waals surface area contributed by atoms with E-state index in [4.69, 9.17) is 30.0 Å². The molecule has 1 unspecified atom stereocenters. The lowest BCUT2D eigenvalue weighted by molar-refractivity contribution is -0.242. The normalized spacial score (nSPS) is 9.64. The quantitative estimate of drug-likeness (QED) is 0.0238. The van der Waals surface area contributed by atoms with Crippen LogP contribution >= 0.6 is 0 Å². The van der Waals surface area contributed by atoms with Gasteiger partial charge in [0.2, 0.25) is 0 Å². The van der Waals surface area contributed by atoms with Gasteiger partial charge in [0, 0.05) is 31.8 Å². The van der Waals surface area contributed by atoms with Crippen LogP contribution in [0.5, 0.6) is 0 Å². The Hall–Kier alpha value is -0.910. The molecule has 9 nitrogen and oxygen atoms in total. The van der Waals surface area contributed by atoms with Crippen LogP contribution in [0.1, 0.15) is 319 Å². The van der Waals surface area contributed by atoms with E-state index in [1.807, 2.05) is 55.4 Å². The number of ether oxygens (including phenoxy) is 2. The Balaban J connectivity index is -0.0000000421. The molecule has 0 spiro atoms. The van der Waals surface area contributed by atoms with Crippen LogP contribution in [0.15, 0.2) is 12.7 Å². The van der Waals surface area contributed by atoms with Gasteiger partial charge in [0.05, 0.1) is 6.61 Å². The van der Waals surface area contributed by atoms with Crippen LogP contribution in [-0.4, -0.2) is 85.8 Å². The van der Waals surface area contributed by atoms with E-state index in [0.29, 0.717) is 13.2 Å². The van der Waals surface area contributed by atoms with E-state index in [9.17, 15) is 0 Å². The Labute approximate surface area is 440 Å². The lowest BCUT2D eigenvalue weighted by Gasteiger charge is -2.23. The number of hydrogen-bond acceptors (Lipinski definition) is 8. The first kappa shape index (κ1) is 105. The van der Waals surface area contributed by atoms with Gasteiger partial charge in [-0.2, -0.15) is 0 Å². The molecule has 0 bridgehead atoms. The maximum Gasteiger partial charge on any atom is 0.266 e. The maximum atomic E-state index is 8.42. The summed E-state index contributed by atoms with van der Waals surface area (Å²) in [5.74, 6) is 0. The molecular formula is C60H145NO8. The SMILES string of the molecule is C.C.C.C=CC(C)(CC)COC(O)O.C=O.CC.CC.CCCCCCCCC.CCCCCCCCC.CCCCCCCCO.CCCCCCCCOCCC.CCCCO.CCNC.O. The molecule has 0 heterocycles. The molecule has 0 saturated carbocycles. The average molecular weight is 1010 g/mol. The van der Waals surface area contributed by atoms with Gasteiger partial charge >= 0.3 is 0 Å². The molecule has 438 valence electrons. The zero-order chi connectivity index (χ0) is 52.4. The second kappa shape index (κ2) is 127. The lowest BCUT2D eigenvalue weighted by Crippen LogP contribution is -2.24. The van der Waals surface area contributed by atoms with E-state index in [1.54, 1.807) is 6.08 Å². The number of unbranched alkanes of at least 4 members (excludes halogenated alkanes) is 23. The molecule has 0 aliphatic heterocycles. The zero-order valence-electron chi connectivity index (χ0n) is 48.5. The average Bonchev–Trinajstić information content (AvgIpc) is 3.35. The number of carbonyl (C=O) groups excluding carboxylic acids is 1. The highest BCUT2D eigenvalue weighted by Crippen LogP contribution is 2.22. The topological polar surface area (TPSA) is 160 Å². The van der Waals surface area contributed by atoms with Crippen molar-refractivity contribution >= 4 is 6.79 Å². The van der Waals surface area contributed by atoms with Crippen molar-refractivity contribution in [1.82, 2.24) is 5.32 Å². The van der Waals surface area contributed by atoms with Crippen molar-refractivity contribution in [3.05, 3.63) is 12.7 Å². The summed E-state index contributed by atoms with van der Waals surface area (Å²) in [4.78, 5) is 8.00. The Morgan fingerprint density at radius 3 is 0.928 bits per heavy atom. The van der Waals surface area contributed by atoms with Gasteiger partial charge in [0.25, 0.3) is 6.48 Å². The Morgan fingerprint density at radius 2 is 0.739 bits per heavy atom. The van der Waals surface area contributed by atoms with E-state index >= 15 is 0 Å². The molecule has 0 fully saturated rings. The van der Waals surface area contributed by atoms with Gasteiger partial charge in [-0.05, 0) is 45.7 Å². The molecule has 0 aliphatic carbocycles. The highest BCUT2D eigenvalue weighted by molar-refractivity contribution is 5.11. The highest BCUT2D eigenvalue weighted by atomic mass is 16.7. The largest absolute Gasteiger partial charge is 0.412 e.